The van der Waals surface area contributed by atoms with Crippen LogP contribution in [0.15, 0.2) is 0 Å². The summed E-state index contributed by atoms with van der Waals surface area (Å²) < 4.78 is 0. The Morgan fingerprint density at radius 3 is 2.39 bits per heavy atom. The number of hydrogen-bond acceptors (Lipinski definition) is 3. The number of rotatable bonds is 7. The fourth-order valence-electron chi connectivity index (χ4n) is 1.65. The lowest BCUT2D eigenvalue weighted by molar-refractivity contribution is -0.140. The van der Waals surface area contributed by atoms with Gasteiger partial charge < -0.3 is 20.4 Å². The largest absolute Gasteiger partial charge is 0.480 e. The average Bonchev–Trinajstić information content (AvgIpc) is 3.09. The maximum Gasteiger partial charge on any atom is 0.328 e. The first kappa shape index (κ1) is 14.8. The van der Waals surface area contributed by atoms with E-state index >= 15 is 0 Å². The number of nitrogens with zero attached hydrogens (tertiary/aromatic N) is 1. The van der Waals surface area contributed by atoms with Crippen LogP contribution in [0.3, 0.4) is 0 Å². The van der Waals surface area contributed by atoms with Gasteiger partial charge in [-0.3, -0.25) is 0 Å². The van der Waals surface area contributed by atoms with Crippen LogP contribution in [0.1, 0.15) is 33.1 Å². The van der Waals surface area contributed by atoms with E-state index in [0.29, 0.717) is 12.5 Å². The fraction of sp³-hybridized carbons (Fsp3) is 0.833. The minimum absolute atomic E-state index is 0.233. The smallest absolute Gasteiger partial charge is 0.328 e. The van der Waals surface area contributed by atoms with Gasteiger partial charge in [-0.1, -0.05) is 13.8 Å². The monoisotopic (exact) mass is 258 g/mol. The van der Waals surface area contributed by atoms with Gasteiger partial charge in [-0.2, -0.15) is 0 Å². The van der Waals surface area contributed by atoms with Crippen molar-refractivity contribution in [2.45, 2.75) is 45.2 Å². The Morgan fingerprint density at radius 1 is 1.39 bits per heavy atom. The van der Waals surface area contributed by atoms with Gasteiger partial charge in [0.2, 0.25) is 0 Å². The van der Waals surface area contributed by atoms with Crippen LogP contribution in [0, 0.1) is 5.92 Å². The number of hydrogen-bond donors (Lipinski definition) is 3. The standard InChI is InChI=1S/C12H22N2O4/c1-8(2)5-6-14(9-3-4-9)12(18)13-10(7-15)11(16)17/h8-10,15H,3-7H2,1-2H3,(H,13,18)(H,16,17). The summed E-state index contributed by atoms with van der Waals surface area (Å²) in [7, 11) is 0. The lowest BCUT2D eigenvalue weighted by Crippen LogP contribution is -2.50. The van der Waals surface area contributed by atoms with Crippen molar-refractivity contribution in [3.63, 3.8) is 0 Å². The summed E-state index contributed by atoms with van der Waals surface area (Å²) in [4.78, 5) is 24.4. The van der Waals surface area contributed by atoms with Crippen LogP contribution in [0.4, 0.5) is 4.79 Å². The molecule has 6 heteroatoms. The minimum atomic E-state index is -1.22. The summed E-state index contributed by atoms with van der Waals surface area (Å²) >= 11 is 0. The number of carboxylic acid groups (broad SMARTS) is 1. The van der Waals surface area contributed by atoms with E-state index in [1.54, 1.807) is 4.90 Å². The first-order valence-electron chi connectivity index (χ1n) is 6.36. The molecule has 1 aliphatic carbocycles. The Hall–Kier alpha value is -1.30. The first-order chi connectivity index (χ1) is 8.45. The average molecular weight is 258 g/mol. The van der Waals surface area contributed by atoms with Crippen LogP contribution in [0.25, 0.3) is 0 Å². The number of carbonyl (C=O) groups excluding carboxylic acids is 1. The number of carboxylic acids is 1. The van der Waals surface area contributed by atoms with E-state index in [1.807, 2.05) is 0 Å². The van der Waals surface area contributed by atoms with Crippen molar-refractivity contribution in [1.29, 1.82) is 0 Å². The van der Waals surface area contributed by atoms with Gasteiger partial charge in [0.1, 0.15) is 0 Å². The third kappa shape index (κ3) is 4.52. The predicted molar refractivity (Wildman–Crippen MR) is 66.2 cm³/mol. The summed E-state index contributed by atoms with van der Waals surface area (Å²) in [5.74, 6) is -0.724. The van der Waals surface area contributed by atoms with E-state index in [4.69, 9.17) is 10.2 Å². The molecular weight excluding hydrogens is 236 g/mol. The second kappa shape index (κ2) is 6.58. The van der Waals surface area contributed by atoms with Gasteiger partial charge in [0.05, 0.1) is 6.61 Å². The molecule has 0 bridgehead atoms. The zero-order valence-corrected chi connectivity index (χ0v) is 10.9. The van der Waals surface area contributed by atoms with Crippen LogP contribution in [0.5, 0.6) is 0 Å². The van der Waals surface area contributed by atoms with Crippen LogP contribution < -0.4 is 5.32 Å². The van der Waals surface area contributed by atoms with E-state index in [2.05, 4.69) is 19.2 Å². The van der Waals surface area contributed by atoms with Crippen LogP contribution in [-0.4, -0.2) is 52.3 Å². The third-order valence-corrected chi connectivity index (χ3v) is 2.97. The van der Waals surface area contributed by atoms with E-state index in [1.165, 1.54) is 0 Å². The molecule has 1 atom stereocenters. The Balaban J connectivity index is 2.51. The second-order valence-electron chi connectivity index (χ2n) is 5.13. The highest BCUT2D eigenvalue weighted by Crippen LogP contribution is 2.27. The minimum Gasteiger partial charge on any atom is -0.480 e. The van der Waals surface area contributed by atoms with Crippen molar-refractivity contribution in [3.05, 3.63) is 0 Å². The molecule has 1 unspecified atom stereocenters. The summed E-state index contributed by atoms with van der Waals surface area (Å²) in [5.41, 5.74) is 0. The number of amides is 2. The Morgan fingerprint density at radius 2 is 2.00 bits per heavy atom. The summed E-state index contributed by atoms with van der Waals surface area (Å²) in [6, 6.07) is -1.38. The van der Waals surface area contributed by atoms with E-state index in [0.717, 1.165) is 19.3 Å². The van der Waals surface area contributed by atoms with E-state index < -0.39 is 18.6 Å². The van der Waals surface area contributed by atoms with Crippen molar-refractivity contribution in [3.8, 4) is 0 Å². The van der Waals surface area contributed by atoms with Crippen molar-refractivity contribution in [2.24, 2.45) is 5.92 Å². The quantitative estimate of drug-likeness (QED) is 0.625. The molecule has 0 radical (unpaired) electrons. The molecule has 104 valence electrons. The number of nitrogens with one attached hydrogen (secondary N) is 1. The van der Waals surface area contributed by atoms with Gasteiger partial charge in [-0.25, -0.2) is 9.59 Å². The van der Waals surface area contributed by atoms with Gasteiger partial charge >= 0.3 is 12.0 Å². The van der Waals surface area contributed by atoms with Crippen LogP contribution in [0.2, 0.25) is 0 Å². The molecule has 0 aromatic rings. The van der Waals surface area contributed by atoms with Gasteiger partial charge in [-0.05, 0) is 25.2 Å². The molecule has 18 heavy (non-hydrogen) atoms. The fourth-order valence-corrected chi connectivity index (χ4v) is 1.65. The molecule has 1 rings (SSSR count). The molecule has 2 amide bonds. The second-order valence-corrected chi connectivity index (χ2v) is 5.13. The van der Waals surface area contributed by atoms with Gasteiger partial charge in [-0.15, -0.1) is 0 Å². The molecule has 1 fully saturated rings. The summed E-state index contributed by atoms with van der Waals surface area (Å²) in [6.45, 7) is 4.20. The highest BCUT2D eigenvalue weighted by molar-refractivity contribution is 5.83. The highest BCUT2D eigenvalue weighted by Gasteiger charge is 2.33. The normalized spacial score (nSPS) is 16.4. The molecule has 1 aliphatic rings. The highest BCUT2D eigenvalue weighted by atomic mass is 16.4. The number of carbonyl (C=O) groups is 2. The zero-order valence-electron chi connectivity index (χ0n) is 10.9. The number of urea groups is 1. The number of aliphatic hydroxyl groups is 1. The van der Waals surface area contributed by atoms with Crippen molar-refractivity contribution in [2.75, 3.05) is 13.2 Å². The zero-order chi connectivity index (χ0) is 13.7. The molecule has 0 saturated heterocycles. The molecule has 0 spiro atoms. The van der Waals surface area contributed by atoms with E-state index in [-0.39, 0.29) is 12.1 Å². The molecule has 0 aromatic heterocycles. The van der Waals surface area contributed by atoms with Gasteiger partial charge in [0.15, 0.2) is 6.04 Å². The summed E-state index contributed by atoms with van der Waals surface area (Å²) in [5, 5.41) is 20.0. The molecule has 0 heterocycles. The van der Waals surface area contributed by atoms with Crippen molar-refractivity contribution < 1.29 is 19.8 Å². The van der Waals surface area contributed by atoms with Crippen molar-refractivity contribution >= 4 is 12.0 Å². The maximum absolute atomic E-state index is 12.0. The SMILES string of the molecule is CC(C)CCN(C(=O)NC(CO)C(=O)O)C1CC1. The molecule has 0 aliphatic heterocycles. The maximum atomic E-state index is 12.0. The first-order valence-corrected chi connectivity index (χ1v) is 6.36. The molecule has 3 N–H and O–H groups in total. The van der Waals surface area contributed by atoms with Crippen LogP contribution in [-0.2, 0) is 4.79 Å². The predicted octanol–water partition coefficient (Wildman–Crippen LogP) is 0.652. The van der Waals surface area contributed by atoms with Crippen molar-refractivity contribution in [1.82, 2.24) is 10.2 Å². The lowest BCUT2D eigenvalue weighted by Gasteiger charge is -2.25. The van der Waals surface area contributed by atoms with Gasteiger partial charge in [0, 0.05) is 12.6 Å². The van der Waals surface area contributed by atoms with Gasteiger partial charge in [0.25, 0.3) is 0 Å². The molecule has 1 saturated carbocycles. The molecule has 6 nitrogen and oxygen atoms in total. The Bertz CT molecular complexity index is 302. The Labute approximate surface area is 107 Å². The molecular formula is C12H22N2O4. The lowest BCUT2D eigenvalue weighted by atomic mass is 10.1. The number of aliphatic carboxylic acids is 1. The summed E-state index contributed by atoms with van der Waals surface area (Å²) in [6.07, 6.45) is 2.84. The molecule has 0 aromatic carbocycles. The van der Waals surface area contributed by atoms with Crippen LogP contribution >= 0.6 is 0 Å². The topological polar surface area (TPSA) is 89.9 Å². The number of aliphatic hydroxyl groups excluding tert-OH is 1. The third-order valence-electron chi connectivity index (χ3n) is 2.97. The van der Waals surface area contributed by atoms with E-state index in [9.17, 15) is 9.59 Å². The Kier molecular flexibility index (Phi) is 5.40.